The summed E-state index contributed by atoms with van der Waals surface area (Å²) in [6, 6.07) is 4.57. The third kappa shape index (κ3) is 4.81. The van der Waals surface area contributed by atoms with Gasteiger partial charge in [0, 0.05) is 5.56 Å². The second-order valence-corrected chi connectivity index (χ2v) is 5.21. The number of ether oxygens (including phenoxy) is 2. The SMILES string of the molecule is O=C(O)c1cc(C(F)(F)C(F)(F)F)ccc1Oc1ccc(OC(F)(F)F)cc1. The number of aromatic carboxylic acids is 1. The maximum Gasteiger partial charge on any atom is 0.573 e. The fraction of sp³-hybridized carbons (Fsp3) is 0.188. The molecule has 0 fully saturated rings. The standard InChI is InChI=1S/C16H8F8O4/c17-14(18,15(19,20)21)8-1-6-12(11(7-8)13(25)26)27-9-2-4-10(5-3-9)28-16(22,23)24/h1-7H,(H,25,26). The van der Waals surface area contributed by atoms with Gasteiger partial charge in [-0.2, -0.15) is 22.0 Å². The lowest BCUT2D eigenvalue weighted by atomic mass is 10.0. The zero-order valence-electron chi connectivity index (χ0n) is 13.2. The number of hydrogen-bond acceptors (Lipinski definition) is 3. The van der Waals surface area contributed by atoms with E-state index in [1.54, 1.807) is 0 Å². The average Bonchev–Trinajstić information content (AvgIpc) is 2.54. The summed E-state index contributed by atoms with van der Waals surface area (Å²) in [7, 11) is 0. The van der Waals surface area contributed by atoms with Crippen molar-refractivity contribution in [3.63, 3.8) is 0 Å². The van der Waals surface area contributed by atoms with Gasteiger partial charge in [0.15, 0.2) is 0 Å². The van der Waals surface area contributed by atoms with Gasteiger partial charge in [0.2, 0.25) is 0 Å². The summed E-state index contributed by atoms with van der Waals surface area (Å²) in [4.78, 5) is 11.2. The molecule has 0 aliphatic heterocycles. The Labute approximate surface area is 150 Å². The van der Waals surface area contributed by atoms with E-state index in [2.05, 4.69) is 4.74 Å². The number of hydrogen-bond donors (Lipinski definition) is 1. The van der Waals surface area contributed by atoms with Crippen molar-refractivity contribution in [2.75, 3.05) is 0 Å². The summed E-state index contributed by atoms with van der Waals surface area (Å²) in [5.41, 5.74) is -2.62. The van der Waals surface area contributed by atoms with Gasteiger partial charge in [0.1, 0.15) is 22.8 Å². The summed E-state index contributed by atoms with van der Waals surface area (Å²) in [6.07, 6.45) is -10.9. The molecule has 0 aliphatic rings. The zero-order chi connectivity index (χ0) is 21.3. The molecule has 0 aromatic heterocycles. The lowest BCUT2D eigenvalue weighted by Crippen LogP contribution is -2.33. The van der Waals surface area contributed by atoms with Crippen molar-refractivity contribution < 1.29 is 54.5 Å². The van der Waals surface area contributed by atoms with Crippen molar-refractivity contribution in [1.82, 2.24) is 0 Å². The van der Waals surface area contributed by atoms with Crippen molar-refractivity contribution in [3.8, 4) is 17.2 Å². The Kier molecular flexibility index (Phi) is 5.44. The van der Waals surface area contributed by atoms with Crippen molar-refractivity contribution in [1.29, 1.82) is 0 Å². The maximum absolute atomic E-state index is 13.4. The molecule has 0 saturated carbocycles. The molecular weight excluding hydrogens is 408 g/mol. The molecule has 0 atom stereocenters. The predicted molar refractivity (Wildman–Crippen MR) is 76.5 cm³/mol. The number of rotatable bonds is 5. The first-order valence-electron chi connectivity index (χ1n) is 7.07. The van der Waals surface area contributed by atoms with E-state index in [0.29, 0.717) is 12.1 Å². The Morgan fingerprint density at radius 2 is 1.36 bits per heavy atom. The molecule has 0 amide bonds. The van der Waals surface area contributed by atoms with Crippen LogP contribution in [0.3, 0.4) is 0 Å². The first-order valence-corrected chi connectivity index (χ1v) is 7.07. The topological polar surface area (TPSA) is 55.8 Å². The number of halogens is 8. The van der Waals surface area contributed by atoms with Gasteiger partial charge in [-0.25, -0.2) is 4.79 Å². The van der Waals surface area contributed by atoms with Gasteiger partial charge < -0.3 is 14.6 Å². The molecule has 2 rings (SSSR count). The second-order valence-electron chi connectivity index (χ2n) is 5.21. The number of benzene rings is 2. The summed E-state index contributed by atoms with van der Waals surface area (Å²) >= 11 is 0. The average molecular weight is 416 g/mol. The minimum atomic E-state index is -5.94. The highest BCUT2D eigenvalue weighted by Crippen LogP contribution is 2.45. The Morgan fingerprint density at radius 3 is 1.82 bits per heavy atom. The van der Waals surface area contributed by atoms with Crippen LogP contribution in [0, 0.1) is 0 Å². The Balaban J connectivity index is 2.33. The van der Waals surface area contributed by atoms with Gasteiger partial charge in [-0.15, -0.1) is 13.2 Å². The smallest absolute Gasteiger partial charge is 0.478 e. The molecule has 4 nitrogen and oxygen atoms in total. The molecule has 2 aromatic carbocycles. The third-order valence-electron chi connectivity index (χ3n) is 3.21. The summed E-state index contributed by atoms with van der Waals surface area (Å²) in [6.45, 7) is 0. The van der Waals surface area contributed by atoms with E-state index < -0.39 is 47.1 Å². The quantitative estimate of drug-likeness (QED) is 0.633. The molecule has 0 saturated heterocycles. The van der Waals surface area contributed by atoms with Crippen LogP contribution >= 0.6 is 0 Å². The van der Waals surface area contributed by atoms with Crippen LogP contribution < -0.4 is 9.47 Å². The van der Waals surface area contributed by atoms with Gasteiger partial charge in [-0.3, -0.25) is 0 Å². The molecule has 0 unspecified atom stereocenters. The normalized spacial score (nSPS) is 12.6. The zero-order valence-corrected chi connectivity index (χ0v) is 13.2. The number of carboxylic acids is 1. The van der Waals surface area contributed by atoms with Crippen LogP contribution in [0.4, 0.5) is 35.1 Å². The summed E-state index contributed by atoms with van der Waals surface area (Å²) < 4.78 is 109. The van der Waals surface area contributed by atoms with Crippen LogP contribution in [0.2, 0.25) is 0 Å². The van der Waals surface area contributed by atoms with E-state index in [0.717, 1.165) is 24.3 Å². The second kappa shape index (κ2) is 7.17. The monoisotopic (exact) mass is 416 g/mol. The molecular formula is C16H8F8O4. The van der Waals surface area contributed by atoms with Crippen molar-refractivity contribution >= 4 is 5.97 Å². The van der Waals surface area contributed by atoms with Gasteiger partial charge in [0.25, 0.3) is 0 Å². The van der Waals surface area contributed by atoms with E-state index in [-0.39, 0.29) is 11.8 Å². The van der Waals surface area contributed by atoms with Gasteiger partial charge >= 0.3 is 24.4 Å². The van der Waals surface area contributed by atoms with Crippen LogP contribution in [0.5, 0.6) is 17.2 Å². The molecule has 152 valence electrons. The van der Waals surface area contributed by atoms with Gasteiger partial charge in [-0.1, -0.05) is 0 Å². The van der Waals surface area contributed by atoms with E-state index in [9.17, 15) is 39.9 Å². The first kappa shape index (κ1) is 21.3. The number of alkyl halides is 8. The van der Waals surface area contributed by atoms with E-state index in [1.165, 1.54) is 0 Å². The summed E-state index contributed by atoms with van der Waals surface area (Å²) in [5.74, 6) is -8.58. The highest BCUT2D eigenvalue weighted by molar-refractivity contribution is 5.91. The maximum atomic E-state index is 13.4. The van der Waals surface area contributed by atoms with E-state index >= 15 is 0 Å². The highest BCUT2D eigenvalue weighted by atomic mass is 19.4. The molecule has 0 bridgehead atoms. The largest absolute Gasteiger partial charge is 0.573 e. The Morgan fingerprint density at radius 1 is 0.821 bits per heavy atom. The van der Waals surface area contributed by atoms with Crippen LogP contribution in [-0.4, -0.2) is 23.6 Å². The molecule has 0 heterocycles. The molecule has 12 heteroatoms. The van der Waals surface area contributed by atoms with Gasteiger partial charge in [-0.05, 0) is 42.5 Å². The number of carbonyl (C=O) groups is 1. The van der Waals surface area contributed by atoms with Crippen LogP contribution in [0.1, 0.15) is 15.9 Å². The molecule has 1 N–H and O–H groups in total. The Bertz CT molecular complexity index is 856. The van der Waals surface area contributed by atoms with E-state index in [4.69, 9.17) is 9.84 Å². The van der Waals surface area contributed by atoms with Crippen molar-refractivity contribution in [2.24, 2.45) is 0 Å². The minimum absolute atomic E-state index is 0.103. The van der Waals surface area contributed by atoms with Crippen molar-refractivity contribution in [3.05, 3.63) is 53.6 Å². The molecule has 28 heavy (non-hydrogen) atoms. The van der Waals surface area contributed by atoms with Crippen LogP contribution in [0.15, 0.2) is 42.5 Å². The van der Waals surface area contributed by atoms with Crippen LogP contribution in [-0.2, 0) is 5.92 Å². The number of carboxylic acid groups (broad SMARTS) is 1. The fourth-order valence-electron chi connectivity index (χ4n) is 1.98. The van der Waals surface area contributed by atoms with Crippen molar-refractivity contribution in [2.45, 2.75) is 18.5 Å². The minimum Gasteiger partial charge on any atom is -0.478 e. The van der Waals surface area contributed by atoms with Crippen LogP contribution in [0.25, 0.3) is 0 Å². The lowest BCUT2D eigenvalue weighted by molar-refractivity contribution is -0.289. The fourth-order valence-corrected chi connectivity index (χ4v) is 1.98. The molecule has 0 spiro atoms. The predicted octanol–water partition coefficient (Wildman–Crippen LogP) is 5.73. The lowest BCUT2D eigenvalue weighted by Gasteiger charge is -2.20. The molecule has 0 aliphatic carbocycles. The molecule has 0 radical (unpaired) electrons. The van der Waals surface area contributed by atoms with E-state index in [1.807, 2.05) is 0 Å². The first-order chi connectivity index (χ1) is 12.7. The summed E-state index contributed by atoms with van der Waals surface area (Å²) in [5, 5.41) is 9.06. The van der Waals surface area contributed by atoms with Gasteiger partial charge in [0.05, 0.1) is 0 Å². The Hall–Kier alpha value is -3.05. The highest BCUT2D eigenvalue weighted by Gasteiger charge is 2.58. The molecule has 2 aromatic rings. The third-order valence-corrected chi connectivity index (χ3v) is 3.21.